The number of anilines is 1. The Bertz CT molecular complexity index is 909. The molecule has 0 atom stereocenters. The summed E-state index contributed by atoms with van der Waals surface area (Å²) < 4.78 is 11.5. The molecule has 29 heavy (non-hydrogen) atoms. The van der Waals surface area contributed by atoms with Gasteiger partial charge in [0.25, 0.3) is 0 Å². The molecule has 6 heteroatoms. The number of benzene rings is 2. The van der Waals surface area contributed by atoms with Gasteiger partial charge in [0.2, 0.25) is 5.13 Å². The molecule has 0 aliphatic carbocycles. The van der Waals surface area contributed by atoms with Crippen LogP contribution in [-0.2, 0) is 0 Å². The summed E-state index contributed by atoms with van der Waals surface area (Å²) >= 11 is 1.52. The molecule has 0 saturated heterocycles. The second-order valence-electron chi connectivity index (χ2n) is 6.56. The van der Waals surface area contributed by atoms with Gasteiger partial charge in [-0.15, -0.1) is 11.3 Å². The van der Waals surface area contributed by atoms with Crippen LogP contribution < -0.4 is 14.9 Å². The van der Waals surface area contributed by atoms with Crippen LogP contribution in [0.3, 0.4) is 0 Å². The van der Waals surface area contributed by atoms with Gasteiger partial charge in [0.1, 0.15) is 0 Å². The Morgan fingerprint density at radius 2 is 1.93 bits per heavy atom. The van der Waals surface area contributed by atoms with Crippen LogP contribution in [0.2, 0.25) is 0 Å². The fraction of sp³-hybridized carbons (Fsp3) is 0.304. The molecule has 1 heterocycles. The zero-order valence-corrected chi connectivity index (χ0v) is 17.7. The standard InChI is InChI=1S/C23H27N3O2S/c1-3-4-5-9-15-28-22-19(13-10-14-21(22)27-2)16-24-26-23-25-20(17-29-23)18-11-7-6-8-12-18/h6-8,10-14,16-17H,3-5,9,15H2,1-2H3,(H,25,26). The fourth-order valence-corrected chi connectivity index (χ4v) is 3.54. The van der Waals surface area contributed by atoms with Crippen LogP contribution in [0.15, 0.2) is 59.0 Å². The van der Waals surface area contributed by atoms with Crippen molar-refractivity contribution in [3.63, 3.8) is 0 Å². The molecule has 0 fully saturated rings. The Balaban J connectivity index is 1.64. The maximum Gasteiger partial charge on any atom is 0.203 e. The largest absolute Gasteiger partial charge is 0.493 e. The molecule has 0 spiro atoms. The number of thiazole rings is 1. The zero-order valence-electron chi connectivity index (χ0n) is 16.9. The van der Waals surface area contributed by atoms with E-state index in [0.717, 1.165) is 34.1 Å². The summed E-state index contributed by atoms with van der Waals surface area (Å²) in [5.74, 6) is 1.44. The van der Waals surface area contributed by atoms with Crippen molar-refractivity contribution in [1.29, 1.82) is 0 Å². The molecule has 0 bridgehead atoms. The third-order valence-electron chi connectivity index (χ3n) is 4.41. The van der Waals surface area contributed by atoms with Gasteiger partial charge in [-0.2, -0.15) is 5.10 Å². The van der Waals surface area contributed by atoms with Gasteiger partial charge in [0, 0.05) is 16.5 Å². The van der Waals surface area contributed by atoms with Crippen LogP contribution >= 0.6 is 11.3 Å². The van der Waals surface area contributed by atoms with Gasteiger partial charge >= 0.3 is 0 Å². The van der Waals surface area contributed by atoms with E-state index in [1.54, 1.807) is 13.3 Å². The Hall–Kier alpha value is -2.86. The molecular weight excluding hydrogens is 382 g/mol. The lowest BCUT2D eigenvalue weighted by Gasteiger charge is -2.13. The Morgan fingerprint density at radius 1 is 1.07 bits per heavy atom. The second kappa shape index (κ2) is 11.2. The molecule has 1 N–H and O–H groups in total. The van der Waals surface area contributed by atoms with Gasteiger partial charge in [-0.05, 0) is 18.6 Å². The number of hydrogen-bond acceptors (Lipinski definition) is 6. The molecule has 0 amide bonds. The minimum atomic E-state index is 0.668. The zero-order chi connectivity index (χ0) is 20.3. The number of hydrazone groups is 1. The highest BCUT2D eigenvalue weighted by molar-refractivity contribution is 7.14. The van der Waals surface area contributed by atoms with Crippen molar-refractivity contribution in [2.45, 2.75) is 32.6 Å². The smallest absolute Gasteiger partial charge is 0.203 e. The van der Waals surface area contributed by atoms with Gasteiger partial charge in [-0.1, -0.05) is 62.6 Å². The van der Waals surface area contributed by atoms with E-state index in [9.17, 15) is 0 Å². The minimum Gasteiger partial charge on any atom is -0.493 e. The molecule has 2 aromatic carbocycles. The van der Waals surface area contributed by atoms with Crippen LogP contribution in [0.5, 0.6) is 11.5 Å². The van der Waals surface area contributed by atoms with E-state index in [4.69, 9.17) is 9.47 Å². The molecule has 0 radical (unpaired) electrons. The first-order valence-corrected chi connectivity index (χ1v) is 10.8. The minimum absolute atomic E-state index is 0.668. The van der Waals surface area contributed by atoms with Gasteiger partial charge in [-0.25, -0.2) is 4.98 Å². The van der Waals surface area contributed by atoms with Gasteiger partial charge in [0.15, 0.2) is 11.5 Å². The molecular formula is C23H27N3O2S. The third-order valence-corrected chi connectivity index (χ3v) is 5.16. The van der Waals surface area contributed by atoms with Crippen LogP contribution in [0.1, 0.15) is 38.2 Å². The SMILES string of the molecule is CCCCCCOc1c(C=NNc2nc(-c3ccccc3)cs2)cccc1OC. The Labute approximate surface area is 176 Å². The van der Waals surface area contributed by atoms with Crippen molar-refractivity contribution in [3.05, 3.63) is 59.5 Å². The summed E-state index contributed by atoms with van der Waals surface area (Å²) in [5.41, 5.74) is 5.91. The lowest BCUT2D eigenvalue weighted by Crippen LogP contribution is -2.03. The topological polar surface area (TPSA) is 55.7 Å². The fourth-order valence-electron chi connectivity index (χ4n) is 2.88. The number of aromatic nitrogens is 1. The lowest BCUT2D eigenvalue weighted by molar-refractivity contribution is 0.285. The second-order valence-corrected chi connectivity index (χ2v) is 7.42. The van der Waals surface area contributed by atoms with Crippen LogP contribution in [-0.4, -0.2) is 24.9 Å². The highest BCUT2D eigenvalue weighted by atomic mass is 32.1. The average Bonchev–Trinajstić information content (AvgIpc) is 3.24. The lowest BCUT2D eigenvalue weighted by atomic mass is 10.2. The van der Waals surface area contributed by atoms with Crippen LogP contribution in [0.4, 0.5) is 5.13 Å². The average molecular weight is 410 g/mol. The summed E-state index contributed by atoms with van der Waals surface area (Å²) in [5, 5.41) is 7.11. The van der Waals surface area contributed by atoms with Gasteiger partial charge < -0.3 is 9.47 Å². The Morgan fingerprint density at radius 3 is 2.72 bits per heavy atom. The van der Waals surface area contributed by atoms with Crippen molar-refractivity contribution in [2.75, 3.05) is 19.1 Å². The van der Waals surface area contributed by atoms with Gasteiger partial charge in [0.05, 0.1) is 25.6 Å². The number of hydrogen-bond donors (Lipinski definition) is 1. The van der Waals surface area contributed by atoms with Crippen molar-refractivity contribution < 1.29 is 9.47 Å². The van der Waals surface area contributed by atoms with E-state index in [-0.39, 0.29) is 0 Å². The molecule has 0 aliphatic heterocycles. The molecule has 5 nitrogen and oxygen atoms in total. The molecule has 0 saturated carbocycles. The highest BCUT2D eigenvalue weighted by Crippen LogP contribution is 2.30. The Kier molecular flexibility index (Phi) is 8.07. The summed E-state index contributed by atoms with van der Waals surface area (Å²) in [6.45, 7) is 2.87. The van der Waals surface area contributed by atoms with Crippen molar-refractivity contribution in [1.82, 2.24) is 4.98 Å². The van der Waals surface area contributed by atoms with Crippen molar-refractivity contribution in [3.8, 4) is 22.8 Å². The molecule has 1 aromatic heterocycles. The molecule has 152 valence electrons. The van der Waals surface area contributed by atoms with E-state index >= 15 is 0 Å². The highest BCUT2D eigenvalue weighted by Gasteiger charge is 2.09. The predicted octanol–water partition coefficient (Wildman–Crippen LogP) is 6.22. The summed E-state index contributed by atoms with van der Waals surface area (Å²) in [6, 6.07) is 15.9. The normalized spacial score (nSPS) is 11.0. The number of nitrogens with zero attached hydrogens (tertiary/aromatic N) is 2. The first-order valence-electron chi connectivity index (χ1n) is 9.91. The van der Waals surface area contributed by atoms with E-state index in [2.05, 4.69) is 22.4 Å². The number of nitrogens with one attached hydrogen (secondary N) is 1. The van der Waals surface area contributed by atoms with E-state index in [1.165, 1.54) is 30.6 Å². The van der Waals surface area contributed by atoms with E-state index in [1.807, 2.05) is 53.9 Å². The van der Waals surface area contributed by atoms with Crippen molar-refractivity contribution >= 4 is 22.7 Å². The van der Waals surface area contributed by atoms with E-state index < -0.39 is 0 Å². The maximum atomic E-state index is 6.01. The number of ether oxygens (including phenoxy) is 2. The first kappa shape index (κ1) is 20.9. The summed E-state index contributed by atoms with van der Waals surface area (Å²) in [4.78, 5) is 4.58. The number of para-hydroxylation sites is 1. The van der Waals surface area contributed by atoms with Crippen LogP contribution in [0, 0.1) is 0 Å². The first-order chi connectivity index (χ1) is 14.3. The monoisotopic (exact) mass is 409 g/mol. The van der Waals surface area contributed by atoms with Gasteiger partial charge in [-0.3, -0.25) is 5.43 Å². The summed E-state index contributed by atoms with van der Waals surface area (Å²) in [6.07, 6.45) is 6.38. The van der Waals surface area contributed by atoms with Crippen molar-refractivity contribution in [2.24, 2.45) is 5.10 Å². The predicted molar refractivity (Wildman–Crippen MR) is 121 cm³/mol. The molecule has 0 unspecified atom stereocenters. The third kappa shape index (κ3) is 6.06. The summed E-state index contributed by atoms with van der Waals surface area (Å²) in [7, 11) is 1.65. The quantitative estimate of drug-likeness (QED) is 0.232. The molecule has 3 rings (SSSR count). The molecule has 0 aliphatic rings. The van der Waals surface area contributed by atoms with E-state index in [0.29, 0.717) is 12.4 Å². The van der Waals surface area contributed by atoms with Crippen LogP contribution in [0.25, 0.3) is 11.3 Å². The number of rotatable bonds is 11. The maximum absolute atomic E-state index is 6.01. The number of unbranched alkanes of at least 4 members (excludes halogenated alkanes) is 3. The number of methoxy groups -OCH3 is 1. The molecule has 3 aromatic rings.